The Labute approximate surface area is 228 Å². The van der Waals surface area contributed by atoms with E-state index in [0.717, 1.165) is 33.0 Å². The summed E-state index contributed by atoms with van der Waals surface area (Å²) in [4.78, 5) is 0. The number of benzene rings is 3. The molecular weight excluding hydrogens is 480 g/mol. The van der Waals surface area contributed by atoms with Gasteiger partial charge in [-0.3, -0.25) is 0 Å². The maximum absolute atomic E-state index is 6.43. The molecule has 0 bridgehead atoms. The molecule has 0 aliphatic rings. The standard InChI is InChI=1S/C32H46O2S2/c1-3-5-7-9-11-17-23-35-25-33-31-27-19-13-15-21-29(27)32(30-22-16-14-20-28(30)31)34-26-36-24-18-12-10-8-6-4-2/h13-16,19-22H,3-12,17-18,23-26H2,1-2H3. The fourth-order valence-electron chi connectivity index (χ4n) is 4.65. The largest absolute Gasteiger partial charge is 0.482 e. The van der Waals surface area contributed by atoms with Gasteiger partial charge in [0.2, 0.25) is 0 Å². The first-order valence-electron chi connectivity index (χ1n) is 14.2. The minimum Gasteiger partial charge on any atom is -0.482 e. The smallest absolute Gasteiger partial charge is 0.136 e. The van der Waals surface area contributed by atoms with Crippen LogP contribution in [0.3, 0.4) is 0 Å². The first-order valence-corrected chi connectivity index (χ1v) is 16.5. The third-order valence-electron chi connectivity index (χ3n) is 6.69. The molecule has 198 valence electrons. The summed E-state index contributed by atoms with van der Waals surface area (Å²) in [5.74, 6) is 5.69. The first kappa shape index (κ1) is 29.0. The molecule has 36 heavy (non-hydrogen) atoms. The summed E-state index contributed by atoms with van der Waals surface area (Å²) in [7, 11) is 0. The lowest BCUT2D eigenvalue weighted by Gasteiger charge is -2.17. The van der Waals surface area contributed by atoms with Gasteiger partial charge in [-0.15, -0.1) is 23.5 Å². The van der Waals surface area contributed by atoms with Crippen molar-refractivity contribution in [3.05, 3.63) is 48.5 Å². The van der Waals surface area contributed by atoms with Gasteiger partial charge < -0.3 is 9.47 Å². The Balaban J connectivity index is 1.58. The number of fused-ring (bicyclic) bond motifs is 2. The average Bonchev–Trinajstić information content (AvgIpc) is 2.91. The Kier molecular flexibility index (Phi) is 14.4. The van der Waals surface area contributed by atoms with Crippen LogP contribution in [-0.4, -0.2) is 23.4 Å². The maximum Gasteiger partial charge on any atom is 0.136 e. The molecule has 0 aliphatic carbocycles. The molecule has 0 saturated heterocycles. The molecule has 3 aromatic rings. The van der Waals surface area contributed by atoms with Crippen molar-refractivity contribution in [2.45, 2.75) is 90.9 Å². The van der Waals surface area contributed by atoms with E-state index in [4.69, 9.17) is 9.47 Å². The third-order valence-corrected chi connectivity index (χ3v) is 8.41. The van der Waals surface area contributed by atoms with Crippen molar-refractivity contribution in [2.24, 2.45) is 0 Å². The Morgan fingerprint density at radius 3 is 1.17 bits per heavy atom. The second-order valence-corrected chi connectivity index (χ2v) is 11.7. The van der Waals surface area contributed by atoms with E-state index in [9.17, 15) is 0 Å². The molecule has 0 saturated carbocycles. The van der Waals surface area contributed by atoms with E-state index in [-0.39, 0.29) is 0 Å². The van der Waals surface area contributed by atoms with Crippen molar-refractivity contribution < 1.29 is 9.47 Å². The van der Waals surface area contributed by atoms with Gasteiger partial charge in [0.25, 0.3) is 0 Å². The van der Waals surface area contributed by atoms with Gasteiger partial charge in [0, 0.05) is 21.5 Å². The molecule has 4 heteroatoms. The number of rotatable bonds is 20. The van der Waals surface area contributed by atoms with Crippen LogP contribution < -0.4 is 9.47 Å². The summed E-state index contributed by atoms with van der Waals surface area (Å²) >= 11 is 3.81. The second kappa shape index (κ2) is 17.9. The molecule has 3 aromatic carbocycles. The molecule has 0 heterocycles. The van der Waals surface area contributed by atoms with E-state index >= 15 is 0 Å². The molecule has 0 aromatic heterocycles. The van der Waals surface area contributed by atoms with Gasteiger partial charge in [-0.1, -0.05) is 127 Å². The van der Waals surface area contributed by atoms with Gasteiger partial charge in [-0.25, -0.2) is 0 Å². The van der Waals surface area contributed by atoms with Gasteiger partial charge >= 0.3 is 0 Å². The van der Waals surface area contributed by atoms with E-state index in [2.05, 4.69) is 62.4 Å². The van der Waals surface area contributed by atoms with E-state index in [1.807, 2.05) is 23.5 Å². The maximum atomic E-state index is 6.43. The zero-order valence-electron chi connectivity index (χ0n) is 22.6. The quantitative estimate of drug-likeness (QED) is 0.0827. The number of hydrogen-bond donors (Lipinski definition) is 0. The molecule has 0 unspecified atom stereocenters. The van der Waals surface area contributed by atoms with Crippen molar-refractivity contribution in [1.29, 1.82) is 0 Å². The lowest BCUT2D eigenvalue weighted by atomic mass is 10.0. The zero-order valence-corrected chi connectivity index (χ0v) is 24.2. The first-order chi connectivity index (χ1) is 17.9. The lowest BCUT2D eigenvalue weighted by molar-refractivity contribution is 0.395. The number of hydrogen-bond acceptors (Lipinski definition) is 4. The second-order valence-electron chi connectivity index (χ2n) is 9.63. The molecule has 0 atom stereocenters. The molecule has 0 N–H and O–H groups in total. The van der Waals surface area contributed by atoms with Crippen molar-refractivity contribution in [2.75, 3.05) is 23.4 Å². The highest BCUT2D eigenvalue weighted by Crippen LogP contribution is 2.43. The highest BCUT2D eigenvalue weighted by Gasteiger charge is 2.15. The fourth-order valence-corrected chi connectivity index (χ4v) is 6.10. The van der Waals surface area contributed by atoms with Gasteiger partial charge in [-0.2, -0.15) is 0 Å². The van der Waals surface area contributed by atoms with E-state index in [1.165, 1.54) is 88.6 Å². The topological polar surface area (TPSA) is 18.5 Å². The van der Waals surface area contributed by atoms with Crippen LogP contribution in [0.25, 0.3) is 21.5 Å². The summed E-state index contributed by atoms with van der Waals surface area (Å²) in [6, 6.07) is 17.1. The van der Waals surface area contributed by atoms with Gasteiger partial charge in [-0.05, 0) is 24.3 Å². The summed E-state index contributed by atoms with van der Waals surface area (Å²) in [6.45, 7) is 4.55. The molecule has 0 spiro atoms. The van der Waals surface area contributed by atoms with Crippen LogP contribution >= 0.6 is 23.5 Å². The number of unbranched alkanes of at least 4 members (excludes halogenated alkanes) is 10. The van der Waals surface area contributed by atoms with Crippen molar-refractivity contribution in [3.8, 4) is 11.5 Å². The molecule has 0 radical (unpaired) electrons. The average molecular weight is 527 g/mol. The number of ether oxygens (including phenoxy) is 2. The van der Waals surface area contributed by atoms with Crippen LogP contribution in [0.2, 0.25) is 0 Å². The Hall–Kier alpha value is -1.52. The fraction of sp³-hybridized carbons (Fsp3) is 0.562. The van der Waals surface area contributed by atoms with Crippen LogP contribution in [0.15, 0.2) is 48.5 Å². The predicted octanol–water partition coefficient (Wildman–Crippen LogP) is 10.9. The molecular formula is C32H46O2S2. The van der Waals surface area contributed by atoms with Crippen LogP contribution in [0.1, 0.15) is 90.9 Å². The monoisotopic (exact) mass is 526 g/mol. The van der Waals surface area contributed by atoms with Gasteiger partial charge in [0.05, 0.1) is 0 Å². The Morgan fingerprint density at radius 2 is 0.806 bits per heavy atom. The van der Waals surface area contributed by atoms with Gasteiger partial charge in [0.1, 0.15) is 23.4 Å². The summed E-state index contributed by atoms with van der Waals surface area (Å²) in [5, 5.41) is 4.58. The third kappa shape index (κ3) is 9.41. The predicted molar refractivity (Wildman–Crippen MR) is 164 cm³/mol. The summed E-state index contributed by atoms with van der Waals surface area (Å²) in [5.41, 5.74) is 0. The van der Waals surface area contributed by atoms with Crippen molar-refractivity contribution in [1.82, 2.24) is 0 Å². The normalized spacial score (nSPS) is 11.4. The van der Waals surface area contributed by atoms with Crippen LogP contribution in [0, 0.1) is 0 Å². The summed E-state index contributed by atoms with van der Waals surface area (Å²) < 4.78 is 12.9. The Morgan fingerprint density at radius 1 is 0.472 bits per heavy atom. The lowest BCUT2D eigenvalue weighted by Crippen LogP contribution is -2.00. The molecule has 0 amide bonds. The zero-order chi connectivity index (χ0) is 25.3. The van der Waals surface area contributed by atoms with Crippen LogP contribution in [0.5, 0.6) is 11.5 Å². The van der Waals surface area contributed by atoms with E-state index in [0.29, 0.717) is 11.9 Å². The van der Waals surface area contributed by atoms with Crippen LogP contribution in [0.4, 0.5) is 0 Å². The summed E-state index contributed by atoms with van der Waals surface area (Å²) in [6.07, 6.45) is 16.1. The highest BCUT2D eigenvalue weighted by atomic mass is 32.2. The highest BCUT2D eigenvalue weighted by molar-refractivity contribution is 7.99. The molecule has 3 rings (SSSR count). The SMILES string of the molecule is CCCCCCCCSCOc1c2ccccc2c(OCSCCCCCCCC)c2ccccc12. The van der Waals surface area contributed by atoms with E-state index in [1.54, 1.807) is 0 Å². The molecule has 2 nitrogen and oxygen atoms in total. The minimum atomic E-state index is 0.692. The minimum absolute atomic E-state index is 0.692. The van der Waals surface area contributed by atoms with Crippen LogP contribution in [-0.2, 0) is 0 Å². The van der Waals surface area contributed by atoms with Crippen molar-refractivity contribution in [3.63, 3.8) is 0 Å². The molecule has 0 aliphatic heterocycles. The number of thioether (sulfide) groups is 2. The molecule has 0 fully saturated rings. The van der Waals surface area contributed by atoms with E-state index < -0.39 is 0 Å². The van der Waals surface area contributed by atoms with Gasteiger partial charge in [0.15, 0.2) is 0 Å². The Bertz CT molecular complexity index is 867. The van der Waals surface area contributed by atoms with Crippen molar-refractivity contribution >= 4 is 45.1 Å².